The van der Waals surface area contributed by atoms with E-state index in [1.54, 1.807) is 23.5 Å². The fraction of sp³-hybridized carbons (Fsp3) is 0.294. The second-order valence-electron chi connectivity index (χ2n) is 6.24. The third kappa shape index (κ3) is 2.40. The zero-order chi connectivity index (χ0) is 15.9. The average molecular weight is 313 g/mol. The standard InChI is InChI=1S/C17H16FN3S/c1-17(2,3)14-10-22-16-20-15(13(8-9-19)21(14)16)11-4-6-12(18)7-5-11/h4-7,10H,8H2,1-3H3. The molecule has 1 aromatic carbocycles. The van der Waals surface area contributed by atoms with Crippen LogP contribution in [0.25, 0.3) is 16.2 Å². The summed E-state index contributed by atoms with van der Waals surface area (Å²) in [6.07, 6.45) is 0.272. The number of halogens is 1. The van der Waals surface area contributed by atoms with Gasteiger partial charge in [0.05, 0.1) is 23.9 Å². The van der Waals surface area contributed by atoms with Crippen LogP contribution in [0.2, 0.25) is 0 Å². The van der Waals surface area contributed by atoms with Crippen molar-refractivity contribution in [1.82, 2.24) is 9.38 Å². The molecule has 0 bridgehead atoms. The molecule has 0 aliphatic heterocycles. The second-order valence-corrected chi connectivity index (χ2v) is 7.07. The van der Waals surface area contributed by atoms with E-state index in [1.807, 2.05) is 0 Å². The molecule has 22 heavy (non-hydrogen) atoms. The fourth-order valence-electron chi connectivity index (χ4n) is 2.51. The third-order valence-electron chi connectivity index (χ3n) is 3.59. The Labute approximate surface area is 132 Å². The van der Waals surface area contributed by atoms with Gasteiger partial charge in [0.1, 0.15) is 5.82 Å². The Hall–Kier alpha value is -2.19. The highest BCUT2D eigenvalue weighted by molar-refractivity contribution is 7.15. The predicted molar refractivity (Wildman–Crippen MR) is 86.5 cm³/mol. The monoisotopic (exact) mass is 313 g/mol. The van der Waals surface area contributed by atoms with Crippen molar-refractivity contribution in [2.45, 2.75) is 32.6 Å². The van der Waals surface area contributed by atoms with E-state index >= 15 is 0 Å². The highest BCUT2D eigenvalue weighted by atomic mass is 32.1. The molecule has 0 aliphatic rings. The van der Waals surface area contributed by atoms with Gasteiger partial charge in [-0.25, -0.2) is 9.37 Å². The molecule has 5 heteroatoms. The topological polar surface area (TPSA) is 41.1 Å². The van der Waals surface area contributed by atoms with E-state index < -0.39 is 0 Å². The second kappa shape index (κ2) is 5.22. The van der Waals surface area contributed by atoms with Crippen molar-refractivity contribution in [2.75, 3.05) is 0 Å². The van der Waals surface area contributed by atoms with E-state index in [1.165, 1.54) is 12.1 Å². The first-order valence-electron chi connectivity index (χ1n) is 7.04. The summed E-state index contributed by atoms with van der Waals surface area (Å²) in [6.45, 7) is 6.42. The van der Waals surface area contributed by atoms with Crippen molar-refractivity contribution in [3.63, 3.8) is 0 Å². The Morgan fingerprint density at radius 1 is 1.27 bits per heavy atom. The van der Waals surface area contributed by atoms with Crippen LogP contribution >= 0.6 is 11.3 Å². The number of imidazole rings is 1. The molecule has 0 unspecified atom stereocenters. The largest absolute Gasteiger partial charge is 0.289 e. The molecule has 0 radical (unpaired) electrons. The molecule has 3 nitrogen and oxygen atoms in total. The summed E-state index contributed by atoms with van der Waals surface area (Å²) in [5, 5.41) is 11.3. The van der Waals surface area contributed by atoms with Crippen LogP contribution in [0.1, 0.15) is 32.2 Å². The Morgan fingerprint density at radius 2 is 1.95 bits per heavy atom. The molecule has 3 rings (SSSR count). The first kappa shape index (κ1) is 14.7. The van der Waals surface area contributed by atoms with E-state index in [0.717, 1.165) is 27.6 Å². The minimum Gasteiger partial charge on any atom is -0.289 e. The minimum absolute atomic E-state index is 0.0385. The molecule has 0 spiro atoms. The number of fused-ring (bicyclic) bond motifs is 1. The van der Waals surface area contributed by atoms with Crippen LogP contribution in [0.4, 0.5) is 4.39 Å². The summed E-state index contributed by atoms with van der Waals surface area (Å²) in [7, 11) is 0. The van der Waals surface area contributed by atoms with Crippen molar-refractivity contribution in [2.24, 2.45) is 0 Å². The fourth-order valence-corrected chi connectivity index (χ4v) is 3.64. The lowest BCUT2D eigenvalue weighted by Crippen LogP contribution is -2.15. The summed E-state index contributed by atoms with van der Waals surface area (Å²) >= 11 is 1.57. The van der Waals surface area contributed by atoms with Gasteiger partial charge in [0.2, 0.25) is 0 Å². The number of aromatic nitrogens is 2. The van der Waals surface area contributed by atoms with Gasteiger partial charge in [-0.2, -0.15) is 5.26 Å². The van der Waals surface area contributed by atoms with Crippen molar-refractivity contribution in [3.8, 4) is 17.3 Å². The van der Waals surface area contributed by atoms with Gasteiger partial charge in [-0.3, -0.25) is 4.40 Å². The smallest absolute Gasteiger partial charge is 0.194 e. The van der Waals surface area contributed by atoms with Gasteiger partial charge in [-0.05, 0) is 24.3 Å². The van der Waals surface area contributed by atoms with E-state index in [0.29, 0.717) is 0 Å². The summed E-state index contributed by atoms with van der Waals surface area (Å²) in [5.74, 6) is -0.276. The number of hydrogen-bond acceptors (Lipinski definition) is 3. The molecule has 0 N–H and O–H groups in total. The normalized spacial score (nSPS) is 11.8. The third-order valence-corrected chi connectivity index (χ3v) is 4.42. The van der Waals surface area contributed by atoms with Crippen molar-refractivity contribution >= 4 is 16.3 Å². The number of hydrogen-bond donors (Lipinski definition) is 0. The number of benzene rings is 1. The van der Waals surface area contributed by atoms with E-state index in [4.69, 9.17) is 0 Å². The molecule has 0 atom stereocenters. The van der Waals surface area contributed by atoms with Crippen LogP contribution in [0, 0.1) is 17.1 Å². The van der Waals surface area contributed by atoms with Gasteiger partial charge < -0.3 is 0 Å². The Balaban J connectivity index is 2.28. The number of nitrogens with zero attached hydrogens (tertiary/aromatic N) is 3. The van der Waals surface area contributed by atoms with Crippen LogP contribution in [0.3, 0.4) is 0 Å². The Bertz CT molecular complexity index is 860. The number of thiazole rings is 1. The Morgan fingerprint density at radius 3 is 2.55 bits per heavy atom. The maximum absolute atomic E-state index is 13.1. The molecule has 0 saturated carbocycles. The molecule has 2 aromatic heterocycles. The van der Waals surface area contributed by atoms with Gasteiger partial charge in [0.25, 0.3) is 0 Å². The summed E-state index contributed by atoms with van der Waals surface area (Å²) in [4.78, 5) is 5.54. The molecule has 0 fully saturated rings. The van der Waals surface area contributed by atoms with Gasteiger partial charge in [-0.1, -0.05) is 20.8 Å². The summed E-state index contributed by atoms with van der Waals surface area (Å²) in [6, 6.07) is 8.48. The zero-order valence-corrected chi connectivity index (χ0v) is 13.5. The molecule has 0 saturated heterocycles. The van der Waals surface area contributed by atoms with Gasteiger partial charge >= 0.3 is 0 Å². The van der Waals surface area contributed by atoms with Gasteiger partial charge in [-0.15, -0.1) is 11.3 Å². The first-order valence-corrected chi connectivity index (χ1v) is 7.92. The van der Waals surface area contributed by atoms with Crippen molar-refractivity contribution < 1.29 is 4.39 Å². The SMILES string of the molecule is CC(C)(C)c1csc2nc(-c3ccc(F)cc3)c(CC#N)n12. The van der Waals surface area contributed by atoms with Crippen molar-refractivity contribution in [1.29, 1.82) is 5.26 Å². The van der Waals surface area contributed by atoms with Crippen LogP contribution in [0.15, 0.2) is 29.6 Å². The lowest BCUT2D eigenvalue weighted by Gasteiger charge is -2.18. The predicted octanol–water partition coefficient (Wildman–Crippen LogP) is 4.57. The van der Waals surface area contributed by atoms with Crippen LogP contribution in [0.5, 0.6) is 0 Å². The average Bonchev–Trinajstić information content (AvgIpc) is 3.00. The van der Waals surface area contributed by atoms with E-state index in [2.05, 4.69) is 41.6 Å². The molecule has 2 heterocycles. The maximum atomic E-state index is 13.1. The number of rotatable bonds is 2. The van der Waals surface area contributed by atoms with E-state index in [-0.39, 0.29) is 17.7 Å². The minimum atomic E-state index is -0.276. The van der Waals surface area contributed by atoms with Crippen molar-refractivity contribution in [3.05, 3.63) is 46.9 Å². The van der Waals surface area contributed by atoms with Crippen LogP contribution < -0.4 is 0 Å². The molecule has 3 aromatic rings. The molecular weight excluding hydrogens is 297 g/mol. The quantitative estimate of drug-likeness (QED) is 0.695. The molecular formula is C17H16FN3S. The highest BCUT2D eigenvalue weighted by Crippen LogP contribution is 2.33. The zero-order valence-electron chi connectivity index (χ0n) is 12.7. The first-order chi connectivity index (χ1) is 10.4. The number of nitriles is 1. The lowest BCUT2D eigenvalue weighted by molar-refractivity contribution is 0.562. The lowest BCUT2D eigenvalue weighted by atomic mass is 9.93. The van der Waals surface area contributed by atoms with Crippen LogP contribution in [-0.2, 0) is 11.8 Å². The van der Waals surface area contributed by atoms with Crippen LogP contribution in [-0.4, -0.2) is 9.38 Å². The molecule has 112 valence electrons. The summed E-state index contributed by atoms with van der Waals surface area (Å²) < 4.78 is 15.2. The summed E-state index contributed by atoms with van der Waals surface area (Å²) in [5.41, 5.74) is 3.57. The highest BCUT2D eigenvalue weighted by Gasteiger charge is 2.24. The molecule has 0 amide bonds. The van der Waals surface area contributed by atoms with Gasteiger partial charge in [0, 0.05) is 22.1 Å². The maximum Gasteiger partial charge on any atom is 0.194 e. The Kier molecular flexibility index (Phi) is 3.50. The van der Waals surface area contributed by atoms with Gasteiger partial charge in [0.15, 0.2) is 4.96 Å². The molecule has 0 aliphatic carbocycles. The van der Waals surface area contributed by atoms with E-state index in [9.17, 15) is 9.65 Å².